The van der Waals surface area contributed by atoms with Crippen LogP contribution in [0.25, 0.3) is 5.78 Å². The Kier molecular flexibility index (Phi) is 4.01. The van der Waals surface area contributed by atoms with E-state index in [1.165, 1.54) is 5.56 Å². The molecule has 27 heavy (non-hydrogen) atoms. The van der Waals surface area contributed by atoms with Crippen molar-refractivity contribution in [3.8, 4) is 0 Å². The Balaban J connectivity index is 1.42. The van der Waals surface area contributed by atoms with E-state index in [1.807, 2.05) is 30.3 Å². The van der Waals surface area contributed by atoms with Crippen molar-refractivity contribution in [1.29, 1.82) is 0 Å². The molecule has 6 nitrogen and oxygen atoms in total. The Labute approximate surface area is 159 Å². The Hall–Kier alpha value is -2.93. The lowest BCUT2D eigenvalue weighted by Gasteiger charge is -2.20. The quantitative estimate of drug-likeness (QED) is 0.503. The molecule has 1 aliphatic rings. The van der Waals surface area contributed by atoms with E-state index < -0.39 is 0 Å². The molecular weight excluding hydrogens is 360 g/mol. The fourth-order valence-corrected chi connectivity index (χ4v) is 4.15. The molecule has 1 aromatic carbocycles. The number of hydrogen-bond donors (Lipinski definition) is 0. The second-order valence-corrected chi connectivity index (χ2v) is 7.50. The van der Waals surface area contributed by atoms with Gasteiger partial charge in [-0.25, -0.2) is 9.50 Å². The molecule has 0 fully saturated rings. The molecule has 134 valence electrons. The molecule has 3 heterocycles. The number of nitrogens with zero attached hydrogens (tertiary/aromatic N) is 4. The lowest BCUT2D eigenvalue weighted by Crippen LogP contribution is -2.21. The predicted molar refractivity (Wildman–Crippen MR) is 101 cm³/mol. The zero-order valence-electron chi connectivity index (χ0n) is 14.4. The number of hydrogen-bond acceptors (Lipinski definition) is 6. The average molecular weight is 376 g/mol. The summed E-state index contributed by atoms with van der Waals surface area (Å²) in [6.07, 6.45) is 4.50. The first-order valence-electron chi connectivity index (χ1n) is 8.76. The first-order valence-corrected chi connectivity index (χ1v) is 9.74. The molecule has 0 spiro atoms. The highest BCUT2D eigenvalue weighted by Gasteiger charge is 2.30. The van der Waals surface area contributed by atoms with Crippen LogP contribution in [0.3, 0.4) is 0 Å². The first kappa shape index (κ1) is 16.3. The van der Waals surface area contributed by atoms with Gasteiger partial charge in [0, 0.05) is 30.7 Å². The standard InChI is InChI=1S/C20H16N4O2S/c25-17-10-14(18-7-4-8-26-18)9-16-15(17)11-24-19(21-16)22-20(23-24)27-12-13-5-2-1-3-6-13/h1-8,11,14H,9-10,12H2/t14-/m1/s1. The molecule has 0 saturated heterocycles. The maximum Gasteiger partial charge on any atom is 0.253 e. The number of ketones is 1. The highest BCUT2D eigenvalue weighted by atomic mass is 32.2. The van der Waals surface area contributed by atoms with Crippen LogP contribution in [0.5, 0.6) is 0 Å². The second kappa shape index (κ2) is 6.66. The Bertz CT molecular complexity index is 1110. The summed E-state index contributed by atoms with van der Waals surface area (Å²) in [7, 11) is 0. The molecule has 4 aromatic rings. The van der Waals surface area contributed by atoms with Crippen molar-refractivity contribution in [2.75, 3.05) is 0 Å². The van der Waals surface area contributed by atoms with Gasteiger partial charge >= 0.3 is 0 Å². The lowest BCUT2D eigenvalue weighted by atomic mass is 9.85. The molecule has 0 saturated carbocycles. The van der Waals surface area contributed by atoms with Crippen LogP contribution >= 0.6 is 11.8 Å². The number of fused-ring (bicyclic) bond motifs is 2. The van der Waals surface area contributed by atoms with Crippen LogP contribution in [-0.2, 0) is 12.2 Å². The normalized spacial score (nSPS) is 16.6. The van der Waals surface area contributed by atoms with E-state index >= 15 is 0 Å². The molecule has 1 atom stereocenters. The van der Waals surface area contributed by atoms with Gasteiger partial charge in [-0.3, -0.25) is 4.79 Å². The third-order valence-electron chi connectivity index (χ3n) is 4.72. The highest BCUT2D eigenvalue weighted by molar-refractivity contribution is 7.98. The van der Waals surface area contributed by atoms with Crippen molar-refractivity contribution in [1.82, 2.24) is 19.6 Å². The summed E-state index contributed by atoms with van der Waals surface area (Å²) < 4.78 is 7.09. The van der Waals surface area contributed by atoms with E-state index in [1.54, 1.807) is 28.7 Å². The van der Waals surface area contributed by atoms with Crippen molar-refractivity contribution in [3.05, 3.63) is 77.5 Å². The smallest absolute Gasteiger partial charge is 0.253 e. The Morgan fingerprint density at radius 3 is 2.81 bits per heavy atom. The van der Waals surface area contributed by atoms with Gasteiger partial charge in [-0.2, -0.15) is 4.98 Å². The van der Waals surface area contributed by atoms with Gasteiger partial charge in [-0.15, -0.1) is 5.10 Å². The van der Waals surface area contributed by atoms with Gasteiger partial charge in [0.25, 0.3) is 5.78 Å². The van der Waals surface area contributed by atoms with Gasteiger partial charge in [0.1, 0.15) is 5.76 Å². The maximum atomic E-state index is 12.6. The van der Waals surface area contributed by atoms with Crippen LogP contribution in [0.15, 0.2) is 64.5 Å². The summed E-state index contributed by atoms with van der Waals surface area (Å²) in [5, 5.41) is 5.13. The van der Waals surface area contributed by atoms with Crippen LogP contribution in [0, 0.1) is 0 Å². The van der Waals surface area contributed by atoms with Gasteiger partial charge in [-0.05, 0) is 17.7 Å². The monoisotopic (exact) mass is 376 g/mol. The third kappa shape index (κ3) is 3.14. The zero-order chi connectivity index (χ0) is 18.2. The molecule has 3 aromatic heterocycles. The summed E-state index contributed by atoms with van der Waals surface area (Å²) in [5.74, 6) is 2.25. The largest absolute Gasteiger partial charge is 0.469 e. The molecule has 0 bridgehead atoms. The summed E-state index contributed by atoms with van der Waals surface area (Å²) in [6, 6.07) is 13.9. The van der Waals surface area contributed by atoms with Crippen molar-refractivity contribution < 1.29 is 9.21 Å². The molecule has 0 radical (unpaired) electrons. The number of carbonyl (C=O) groups is 1. The summed E-state index contributed by atoms with van der Waals surface area (Å²) in [5.41, 5.74) is 2.62. The van der Waals surface area contributed by atoms with Crippen LogP contribution in [0.2, 0.25) is 0 Å². The second-order valence-electron chi connectivity index (χ2n) is 6.56. The maximum absolute atomic E-state index is 12.6. The number of thioether (sulfide) groups is 1. The molecule has 0 aliphatic heterocycles. The number of Topliss-reactive ketones (excluding diaryl/α,β-unsaturated/α-hetero) is 1. The molecule has 1 aliphatic carbocycles. The van der Waals surface area contributed by atoms with Gasteiger partial charge in [0.05, 0.1) is 17.5 Å². The predicted octanol–water partition coefficient (Wildman–Crippen LogP) is 3.92. The SMILES string of the molecule is O=C1C[C@H](c2ccco2)Cc2nc3nc(SCc4ccccc4)nn3cc21. The number of rotatable bonds is 4. The summed E-state index contributed by atoms with van der Waals surface area (Å²) >= 11 is 1.56. The van der Waals surface area contributed by atoms with Crippen LogP contribution in [-0.4, -0.2) is 25.4 Å². The Morgan fingerprint density at radius 2 is 2.00 bits per heavy atom. The number of carbonyl (C=O) groups excluding carboxylic acids is 1. The lowest BCUT2D eigenvalue weighted by molar-refractivity contribution is 0.0958. The van der Waals surface area contributed by atoms with Crippen molar-refractivity contribution in [2.45, 2.75) is 29.7 Å². The minimum atomic E-state index is 0.0322. The molecule has 5 rings (SSSR count). The van der Waals surface area contributed by atoms with Crippen LogP contribution < -0.4 is 0 Å². The number of benzene rings is 1. The Morgan fingerprint density at radius 1 is 1.11 bits per heavy atom. The van der Waals surface area contributed by atoms with Crippen LogP contribution in [0.1, 0.15) is 39.7 Å². The van der Waals surface area contributed by atoms with E-state index in [0.717, 1.165) is 17.2 Å². The zero-order valence-corrected chi connectivity index (χ0v) is 15.2. The minimum absolute atomic E-state index is 0.0322. The van der Waals surface area contributed by atoms with E-state index in [4.69, 9.17) is 4.42 Å². The van der Waals surface area contributed by atoms with Gasteiger partial charge < -0.3 is 4.42 Å². The van der Waals surface area contributed by atoms with E-state index in [9.17, 15) is 4.79 Å². The fourth-order valence-electron chi connectivity index (χ4n) is 3.37. The van der Waals surface area contributed by atoms with E-state index in [2.05, 4.69) is 27.2 Å². The van der Waals surface area contributed by atoms with Gasteiger partial charge in [-0.1, -0.05) is 42.1 Å². The van der Waals surface area contributed by atoms with Crippen molar-refractivity contribution in [2.24, 2.45) is 0 Å². The van der Waals surface area contributed by atoms with E-state index in [-0.39, 0.29) is 11.7 Å². The topological polar surface area (TPSA) is 73.3 Å². The molecule has 0 N–H and O–H groups in total. The minimum Gasteiger partial charge on any atom is -0.469 e. The third-order valence-corrected chi connectivity index (χ3v) is 5.63. The van der Waals surface area contributed by atoms with Gasteiger partial charge in [0.15, 0.2) is 5.78 Å². The molecule has 0 amide bonds. The van der Waals surface area contributed by atoms with E-state index in [0.29, 0.717) is 29.3 Å². The summed E-state index contributed by atoms with van der Waals surface area (Å²) in [4.78, 5) is 21.7. The van der Waals surface area contributed by atoms with Gasteiger partial charge in [0.2, 0.25) is 5.16 Å². The molecular formula is C20H16N4O2S. The average Bonchev–Trinajstić information content (AvgIpc) is 3.35. The summed E-state index contributed by atoms with van der Waals surface area (Å²) in [6.45, 7) is 0. The fraction of sp³-hybridized carbons (Fsp3) is 0.200. The first-order chi connectivity index (χ1) is 13.3. The van der Waals surface area contributed by atoms with Crippen molar-refractivity contribution in [3.63, 3.8) is 0 Å². The van der Waals surface area contributed by atoms with Crippen molar-refractivity contribution >= 4 is 23.3 Å². The highest BCUT2D eigenvalue weighted by Crippen LogP contribution is 2.32. The van der Waals surface area contributed by atoms with Crippen LogP contribution in [0.4, 0.5) is 0 Å². The number of aromatic nitrogens is 4. The number of furan rings is 1. The molecule has 0 unspecified atom stereocenters. The molecule has 7 heteroatoms.